The number of carbonyl (C=O) groups excluding carboxylic acids is 1. The fourth-order valence-electron chi connectivity index (χ4n) is 3.18. The van der Waals surface area contributed by atoms with E-state index in [-0.39, 0.29) is 10.5 Å². The Balaban J connectivity index is 2.07. The Bertz CT molecular complexity index is 939. The average molecular weight is 413 g/mol. The zero-order chi connectivity index (χ0) is 20.4. The van der Waals surface area contributed by atoms with Crippen LogP contribution in [0.25, 0.3) is 0 Å². The molecule has 0 bridgehead atoms. The zero-order valence-electron chi connectivity index (χ0n) is 14.7. The maximum absolute atomic E-state index is 13.2. The Hall–Kier alpha value is -2.55. The molecule has 5 nitrogen and oxygen atoms in total. The highest BCUT2D eigenvalue weighted by Gasteiger charge is 2.39. The lowest BCUT2D eigenvalue weighted by Crippen LogP contribution is -2.36. The number of amides is 1. The van der Waals surface area contributed by atoms with E-state index in [1.165, 1.54) is 41.3 Å². The number of benzene rings is 2. The molecule has 2 aromatic rings. The van der Waals surface area contributed by atoms with Gasteiger partial charge >= 0.3 is 6.36 Å². The van der Waals surface area contributed by atoms with Gasteiger partial charge in [-0.1, -0.05) is 30.3 Å². The first kappa shape index (κ1) is 20.2. The molecule has 1 heterocycles. The molecule has 150 valence electrons. The van der Waals surface area contributed by atoms with Crippen LogP contribution in [0, 0.1) is 0 Å². The summed E-state index contributed by atoms with van der Waals surface area (Å²) in [4.78, 5) is 14.4. The van der Waals surface area contributed by atoms with Crippen molar-refractivity contribution in [2.45, 2.75) is 29.3 Å². The van der Waals surface area contributed by atoms with Gasteiger partial charge in [0.2, 0.25) is 5.91 Å². The molecule has 0 N–H and O–H groups in total. The van der Waals surface area contributed by atoms with Gasteiger partial charge in [0.15, 0.2) is 15.1 Å². The lowest BCUT2D eigenvalue weighted by Gasteiger charge is -2.24. The van der Waals surface area contributed by atoms with Crippen molar-refractivity contribution in [2.24, 2.45) is 0 Å². The van der Waals surface area contributed by atoms with Gasteiger partial charge < -0.3 is 9.64 Å². The first-order valence-corrected chi connectivity index (χ1v) is 10.2. The van der Waals surface area contributed by atoms with Crippen LogP contribution in [0.1, 0.15) is 23.7 Å². The Morgan fingerprint density at radius 3 is 2.25 bits per heavy atom. The smallest absolute Gasteiger partial charge is 0.406 e. The summed E-state index contributed by atoms with van der Waals surface area (Å²) in [6.07, 6.45) is -3.42. The Labute approximate surface area is 160 Å². The van der Waals surface area contributed by atoms with Crippen LogP contribution in [0.4, 0.5) is 13.2 Å². The molecule has 1 aliphatic heterocycles. The first-order valence-electron chi connectivity index (χ1n) is 8.62. The van der Waals surface area contributed by atoms with Crippen molar-refractivity contribution >= 4 is 15.7 Å². The summed E-state index contributed by atoms with van der Waals surface area (Å²) >= 11 is 0. The van der Waals surface area contributed by atoms with Crippen molar-refractivity contribution in [3.63, 3.8) is 0 Å². The van der Waals surface area contributed by atoms with E-state index in [0.717, 1.165) is 25.0 Å². The predicted molar refractivity (Wildman–Crippen MR) is 95.3 cm³/mol. The minimum atomic E-state index is -4.93. The predicted octanol–water partition coefficient (Wildman–Crippen LogP) is 3.72. The number of hydrogen-bond acceptors (Lipinski definition) is 4. The average Bonchev–Trinajstić information content (AvgIpc) is 3.16. The SMILES string of the molecule is O=C(C(c1cccc(OC(F)(F)F)c1)S(=O)(=O)c1ccccc1)N1CCCC1. The van der Waals surface area contributed by atoms with E-state index in [0.29, 0.717) is 13.1 Å². The molecule has 1 amide bonds. The number of likely N-dealkylation sites (tertiary alicyclic amines) is 1. The van der Waals surface area contributed by atoms with E-state index in [4.69, 9.17) is 0 Å². The molecule has 9 heteroatoms. The molecular formula is C19H18F3NO4S. The van der Waals surface area contributed by atoms with Crippen LogP contribution in [0.5, 0.6) is 5.75 Å². The van der Waals surface area contributed by atoms with Gasteiger partial charge in [-0.05, 0) is 42.7 Å². The first-order chi connectivity index (χ1) is 13.2. The zero-order valence-corrected chi connectivity index (χ0v) is 15.5. The molecular weight excluding hydrogens is 395 g/mol. The van der Waals surface area contributed by atoms with Crippen LogP contribution < -0.4 is 4.74 Å². The summed E-state index contributed by atoms with van der Waals surface area (Å²) in [6.45, 7) is 0.830. The maximum Gasteiger partial charge on any atom is 0.573 e. The molecule has 3 rings (SSSR count). The highest BCUT2D eigenvalue weighted by Crippen LogP contribution is 2.34. The molecule has 2 aromatic carbocycles. The molecule has 1 aliphatic rings. The third kappa shape index (κ3) is 4.46. The fourth-order valence-corrected chi connectivity index (χ4v) is 4.91. The van der Waals surface area contributed by atoms with Gasteiger partial charge in [-0.2, -0.15) is 0 Å². The number of alkyl halides is 3. The van der Waals surface area contributed by atoms with Crippen molar-refractivity contribution in [3.8, 4) is 5.75 Å². The molecule has 28 heavy (non-hydrogen) atoms. The molecule has 0 aromatic heterocycles. The number of carbonyl (C=O) groups is 1. The van der Waals surface area contributed by atoms with E-state index in [9.17, 15) is 26.4 Å². The number of sulfone groups is 1. The van der Waals surface area contributed by atoms with Crippen LogP contribution in [0.3, 0.4) is 0 Å². The molecule has 0 radical (unpaired) electrons. The van der Waals surface area contributed by atoms with Crippen molar-refractivity contribution in [2.75, 3.05) is 13.1 Å². The third-order valence-corrected chi connectivity index (χ3v) is 6.44. The van der Waals surface area contributed by atoms with Gasteiger partial charge in [0.05, 0.1) is 4.90 Å². The van der Waals surface area contributed by atoms with Crippen LogP contribution in [-0.2, 0) is 14.6 Å². The lowest BCUT2D eigenvalue weighted by molar-refractivity contribution is -0.274. The Morgan fingerprint density at radius 1 is 1.00 bits per heavy atom. The quantitative estimate of drug-likeness (QED) is 0.750. The molecule has 1 unspecified atom stereocenters. The largest absolute Gasteiger partial charge is 0.573 e. The standard InChI is InChI=1S/C19H18F3NO4S/c20-19(21,22)27-15-8-6-7-14(13-15)17(18(24)23-11-4-5-12-23)28(25,26)16-9-2-1-3-10-16/h1-3,6-10,13,17H,4-5,11-12H2. The number of ether oxygens (including phenoxy) is 1. The van der Waals surface area contributed by atoms with Crippen LogP contribution in [-0.4, -0.2) is 38.7 Å². The van der Waals surface area contributed by atoms with E-state index in [1.807, 2.05) is 0 Å². The Morgan fingerprint density at radius 2 is 1.64 bits per heavy atom. The van der Waals surface area contributed by atoms with Crippen molar-refractivity contribution in [1.82, 2.24) is 4.90 Å². The second-order valence-corrected chi connectivity index (χ2v) is 8.42. The van der Waals surface area contributed by atoms with Crippen molar-refractivity contribution in [3.05, 3.63) is 60.2 Å². The van der Waals surface area contributed by atoms with Crippen molar-refractivity contribution < 1.29 is 31.1 Å². The van der Waals surface area contributed by atoms with E-state index in [1.54, 1.807) is 6.07 Å². The summed E-state index contributed by atoms with van der Waals surface area (Å²) in [5, 5.41) is -1.65. The van der Waals surface area contributed by atoms with Gasteiger partial charge in [0.1, 0.15) is 5.75 Å². The lowest BCUT2D eigenvalue weighted by atomic mass is 10.1. The highest BCUT2D eigenvalue weighted by atomic mass is 32.2. The third-order valence-electron chi connectivity index (χ3n) is 4.42. The monoisotopic (exact) mass is 413 g/mol. The minimum Gasteiger partial charge on any atom is -0.406 e. The molecule has 0 saturated carbocycles. The second kappa shape index (κ2) is 7.83. The molecule has 1 atom stereocenters. The second-order valence-electron chi connectivity index (χ2n) is 6.39. The molecule has 1 fully saturated rings. The minimum absolute atomic E-state index is 0.0671. The van der Waals surface area contributed by atoms with Gasteiger partial charge in [-0.25, -0.2) is 8.42 Å². The summed E-state index contributed by atoms with van der Waals surface area (Å²) in [5.41, 5.74) is -0.0671. The summed E-state index contributed by atoms with van der Waals surface area (Å²) in [7, 11) is -4.18. The van der Waals surface area contributed by atoms with Gasteiger partial charge in [0, 0.05) is 13.1 Å². The normalized spacial score (nSPS) is 16.0. The van der Waals surface area contributed by atoms with E-state index < -0.39 is 33.1 Å². The highest BCUT2D eigenvalue weighted by molar-refractivity contribution is 7.92. The van der Waals surface area contributed by atoms with E-state index in [2.05, 4.69) is 4.74 Å². The summed E-state index contributed by atoms with van der Waals surface area (Å²) in [5.74, 6) is -1.22. The van der Waals surface area contributed by atoms with Gasteiger partial charge in [0.25, 0.3) is 0 Å². The molecule has 0 spiro atoms. The Kier molecular flexibility index (Phi) is 5.64. The van der Waals surface area contributed by atoms with Crippen LogP contribution in [0.15, 0.2) is 59.5 Å². The van der Waals surface area contributed by atoms with E-state index >= 15 is 0 Å². The van der Waals surface area contributed by atoms with Crippen LogP contribution >= 0.6 is 0 Å². The maximum atomic E-state index is 13.2. The fraction of sp³-hybridized carbons (Fsp3) is 0.316. The number of hydrogen-bond donors (Lipinski definition) is 0. The van der Waals surface area contributed by atoms with Gasteiger partial charge in [-0.15, -0.1) is 13.2 Å². The van der Waals surface area contributed by atoms with Crippen LogP contribution in [0.2, 0.25) is 0 Å². The summed E-state index contributed by atoms with van der Waals surface area (Å²) in [6, 6.07) is 12.0. The summed E-state index contributed by atoms with van der Waals surface area (Å²) < 4.78 is 68.0. The number of rotatable bonds is 5. The van der Waals surface area contributed by atoms with Crippen molar-refractivity contribution in [1.29, 1.82) is 0 Å². The number of halogens is 3. The number of nitrogens with zero attached hydrogens (tertiary/aromatic N) is 1. The topological polar surface area (TPSA) is 63.7 Å². The van der Waals surface area contributed by atoms with Gasteiger partial charge in [-0.3, -0.25) is 4.79 Å². The molecule has 1 saturated heterocycles. The molecule has 0 aliphatic carbocycles.